The average molecular weight is 327 g/mol. The Morgan fingerprint density at radius 2 is 1.79 bits per heavy atom. The summed E-state index contributed by atoms with van der Waals surface area (Å²) in [5.74, 6) is -0.0818. The Morgan fingerprint density at radius 1 is 1.04 bits per heavy atom. The summed E-state index contributed by atoms with van der Waals surface area (Å²) in [5, 5.41) is 2.75. The number of aryl methyl sites for hydroxylation is 2. The molecule has 0 fully saturated rings. The second kappa shape index (κ2) is 7.64. The van der Waals surface area contributed by atoms with E-state index in [2.05, 4.69) is 5.32 Å². The molecule has 24 heavy (non-hydrogen) atoms. The van der Waals surface area contributed by atoms with Crippen molar-refractivity contribution in [2.24, 2.45) is 0 Å². The van der Waals surface area contributed by atoms with Crippen molar-refractivity contribution in [3.8, 4) is 5.75 Å². The molecule has 1 amide bonds. The number of carbonyl (C=O) groups is 2. The van der Waals surface area contributed by atoms with Crippen molar-refractivity contribution >= 4 is 17.6 Å². The quantitative estimate of drug-likeness (QED) is 0.855. The minimum atomic E-state index is -0.435. The van der Waals surface area contributed by atoms with Crippen molar-refractivity contribution in [2.75, 3.05) is 19.0 Å². The van der Waals surface area contributed by atoms with Gasteiger partial charge in [-0.3, -0.25) is 4.79 Å². The predicted molar refractivity (Wildman–Crippen MR) is 92.6 cm³/mol. The van der Waals surface area contributed by atoms with E-state index in [1.165, 1.54) is 12.7 Å². The lowest BCUT2D eigenvalue weighted by Gasteiger charge is -2.12. The molecule has 0 atom stereocenters. The molecule has 0 spiro atoms. The Morgan fingerprint density at radius 3 is 2.46 bits per heavy atom. The third-order valence-electron chi connectivity index (χ3n) is 3.86. The Balaban J connectivity index is 2.02. The average Bonchev–Trinajstić information content (AvgIpc) is 2.57. The molecule has 2 rings (SSSR count). The topological polar surface area (TPSA) is 64.6 Å². The molecule has 0 unspecified atom stereocenters. The number of hydrogen-bond acceptors (Lipinski definition) is 4. The molecule has 0 bridgehead atoms. The molecular formula is C19H21NO4. The fraction of sp³-hybridized carbons (Fsp3) is 0.263. The van der Waals surface area contributed by atoms with E-state index in [9.17, 15) is 9.59 Å². The number of hydrogen-bond donors (Lipinski definition) is 1. The predicted octanol–water partition coefficient (Wildman–Crippen LogP) is 3.42. The van der Waals surface area contributed by atoms with Crippen molar-refractivity contribution in [3.05, 3.63) is 58.7 Å². The van der Waals surface area contributed by atoms with Crippen molar-refractivity contribution in [1.82, 2.24) is 0 Å². The van der Waals surface area contributed by atoms with Crippen LogP contribution in [0.2, 0.25) is 0 Å². The van der Waals surface area contributed by atoms with E-state index in [1.807, 2.05) is 32.0 Å². The second-order valence-electron chi connectivity index (χ2n) is 5.55. The standard InChI is InChI=1S/C19H21NO4/c1-12-8-9-15(10-13(12)2)24-11-18(21)20-17-7-5-6-16(14(17)3)19(22)23-4/h5-10H,11H2,1-4H3,(H,20,21). The molecule has 5 nitrogen and oxygen atoms in total. The molecule has 0 aromatic heterocycles. The zero-order chi connectivity index (χ0) is 17.7. The van der Waals surface area contributed by atoms with Gasteiger partial charge in [-0.05, 0) is 61.7 Å². The highest BCUT2D eigenvalue weighted by atomic mass is 16.5. The Kier molecular flexibility index (Phi) is 5.58. The lowest BCUT2D eigenvalue weighted by atomic mass is 10.1. The van der Waals surface area contributed by atoms with Crippen LogP contribution in [0.1, 0.15) is 27.0 Å². The van der Waals surface area contributed by atoms with Gasteiger partial charge in [0.25, 0.3) is 5.91 Å². The van der Waals surface area contributed by atoms with Crippen molar-refractivity contribution in [1.29, 1.82) is 0 Å². The number of ether oxygens (including phenoxy) is 2. The summed E-state index contributed by atoms with van der Waals surface area (Å²) < 4.78 is 10.2. The maximum Gasteiger partial charge on any atom is 0.338 e. The Bertz CT molecular complexity index is 768. The van der Waals surface area contributed by atoms with Gasteiger partial charge < -0.3 is 14.8 Å². The van der Waals surface area contributed by atoms with E-state index in [0.29, 0.717) is 22.6 Å². The van der Waals surface area contributed by atoms with Crippen LogP contribution < -0.4 is 10.1 Å². The first-order valence-corrected chi connectivity index (χ1v) is 7.60. The number of carbonyl (C=O) groups excluding carboxylic acids is 2. The third-order valence-corrected chi connectivity index (χ3v) is 3.86. The van der Waals surface area contributed by atoms with E-state index in [-0.39, 0.29) is 12.5 Å². The van der Waals surface area contributed by atoms with Crippen LogP contribution in [0, 0.1) is 20.8 Å². The van der Waals surface area contributed by atoms with Gasteiger partial charge in [0, 0.05) is 5.69 Å². The highest BCUT2D eigenvalue weighted by molar-refractivity contribution is 5.97. The molecule has 0 heterocycles. The largest absolute Gasteiger partial charge is 0.484 e. The minimum Gasteiger partial charge on any atom is -0.484 e. The normalized spacial score (nSPS) is 10.2. The molecule has 5 heteroatoms. The minimum absolute atomic E-state index is 0.107. The zero-order valence-electron chi connectivity index (χ0n) is 14.3. The van der Waals surface area contributed by atoms with Crippen molar-refractivity contribution < 1.29 is 19.1 Å². The highest BCUT2D eigenvalue weighted by Gasteiger charge is 2.13. The SMILES string of the molecule is COC(=O)c1cccc(NC(=O)COc2ccc(C)c(C)c2)c1C. The summed E-state index contributed by atoms with van der Waals surface area (Å²) in [5.41, 5.74) is 3.91. The molecule has 0 saturated carbocycles. The van der Waals surface area contributed by atoms with Crippen LogP contribution in [0.5, 0.6) is 5.75 Å². The molecule has 0 aliphatic heterocycles. The maximum absolute atomic E-state index is 12.1. The fourth-order valence-corrected chi connectivity index (χ4v) is 2.24. The van der Waals surface area contributed by atoms with E-state index < -0.39 is 5.97 Å². The monoisotopic (exact) mass is 327 g/mol. The van der Waals surface area contributed by atoms with Crippen LogP contribution in [-0.4, -0.2) is 25.6 Å². The number of esters is 1. The van der Waals surface area contributed by atoms with Crippen LogP contribution in [0.25, 0.3) is 0 Å². The van der Waals surface area contributed by atoms with Gasteiger partial charge in [-0.15, -0.1) is 0 Å². The van der Waals surface area contributed by atoms with E-state index in [4.69, 9.17) is 9.47 Å². The highest BCUT2D eigenvalue weighted by Crippen LogP contribution is 2.20. The molecule has 0 radical (unpaired) electrons. The summed E-state index contributed by atoms with van der Waals surface area (Å²) >= 11 is 0. The first-order valence-electron chi connectivity index (χ1n) is 7.60. The first-order chi connectivity index (χ1) is 11.4. The maximum atomic E-state index is 12.1. The van der Waals surface area contributed by atoms with Gasteiger partial charge in [0.05, 0.1) is 12.7 Å². The molecule has 1 N–H and O–H groups in total. The summed E-state index contributed by atoms with van der Waals surface area (Å²) in [6.07, 6.45) is 0. The van der Waals surface area contributed by atoms with Gasteiger partial charge in [0.15, 0.2) is 6.61 Å². The summed E-state index contributed by atoms with van der Waals surface area (Å²) in [6.45, 7) is 5.66. The van der Waals surface area contributed by atoms with Gasteiger partial charge in [-0.1, -0.05) is 12.1 Å². The number of rotatable bonds is 5. The fourth-order valence-electron chi connectivity index (χ4n) is 2.24. The van der Waals surface area contributed by atoms with Gasteiger partial charge in [0.2, 0.25) is 0 Å². The summed E-state index contributed by atoms with van der Waals surface area (Å²) in [4.78, 5) is 23.8. The van der Waals surface area contributed by atoms with Gasteiger partial charge in [-0.2, -0.15) is 0 Å². The molecular weight excluding hydrogens is 306 g/mol. The summed E-state index contributed by atoms with van der Waals surface area (Å²) in [6, 6.07) is 10.8. The number of methoxy groups -OCH3 is 1. The second-order valence-corrected chi connectivity index (χ2v) is 5.55. The van der Waals surface area contributed by atoms with Crippen molar-refractivity contribution in [3.63, 3.8) is 0 Å². The smallest absolute Gasteiger partial charge is 0.338 e. The number of anilines is 1. The van der Waals surface area contributed by atoms with Crippen LogP contribution in [0.3, 0.4) is 0 Å². The number of benzene rings is 2. The zero-order valence-corrected chi connectivity index (χ0v) is 14.3. The van der Waals surface area contributed by atoms with Crippen LogP contribution >= 0.6 is 0 Å². The molecule has 0 aliphatic rings. The van der Waals surface area contributed by atoms with Crippen LogP contribution in [-0.2, 0) is 9.53 Å². The molecule has 126 valence electrons. The summed E-state index contributed by atoms with van der Waals surface area (Å²) in [7, 11) is 1.32. The van der Waals surface area contributed by atoms with Gasteiger partial charge in [0.1, 0.15) is 5.75 Å². The lowest BCUT2D eigenvalue weighted by molar-refractivity contribution is -0.118. The van der Waals surface area contributed by atoms with Crippen molar-refractivity contribution in [2.45, 2.75) is 20.8 Å². The molecule has 2 aromatic carbocycles. The Labute approximate surface area is 141 Å². The van der Waals surface area contributed by atoms with E-state index >= 15 is 0 Å². The van der Waals surface area contributed by atoms with Crippen LogP contribution in [0.15, 0.2) is 36.4 Å². The van der Waals surface area contributed by atoms with Gasteiger partial charge in [-0.25, -0.2) is 4.79 Å². The molecule has 0 saturated heterocycles. The molecule has 2 aromatic rings. The van der Waals surface area contributed by atoms with E-state index in [1.54, 1.807) is 25.1 Å². The Hall–Kier alpha value is -2.82. The first kappa shape index (κ1) is 17.5. The lowest BCUT2D eigenvalue weighted by Crippen LogP contribution is -2.21. The van der Waals surface area contributed by atoms with E-state index in [0.717, 1.165) is 5.56 Å². The number of amides is 1. The number of nitrogens with one attached hydrogen (secondary N) is 1. The third kappa shape index (κ3) is 4.13. The molecule has 0 aliphatic carbocycles. The van der Waals surface area contributed by atoms with Gasteiger partial charge >= 0.3 is 5.97 Å². The van der Waals surface area contributed by atoms with Crippen LogP contribution in [0.4, 0.5) is 5.69 Å².